The van der Waals surface area contributed by atoms with Gasteiger partial charge in [-0.2, -0.15) is 0 Å². The molecule has 1 aromatic heterocycles. The zero-order valence-electron chi connectivity index (χ0n) is 13.4. The summed E-state index contributed by atoms with van der Waals surface area (Å²) in [4.78, 5) is 16.7. The Labute approximate surface area is 121 Å². The number of nitrogens with one attached hydrogen (secondary N) is 1. The minimum Gasteiger partial charge on any atom is -0.363 e. The van der Waals surface area contributed by atoms with E-state index in [0.717, 1.165) is 12.8 Å². The van der Waals surface area contributed by atoms with Crippen LogP contribution in [0, 0.1) is 5.41 Å². The summed E-state index contributed by atoms with van der Waals surface area (Å²) in [6.07, 6.45) is 8.09. The number of aromatic nitrogens is 2. The molecule has 0 atom stereocenters. The second-order valence-electron chi connectivity index (χ2n) is 7.70. The summed E-state index contributed by atoms with van der Waals surface area (Å²) in [6, 6.07) is 0.374. The van der Waals surface area contributed by atoms with Crippen LogP contribution in [0.15, 0.2) is 17.2 Å². The number of hydrogen-bond donors (Lipinski definition) is 1. The third kappa shape index (κ3) is 3.41. The monoisotopic (exact) mass is 277 g/mol. The predicted molar refractivity (Wildman–Crippen MR) is 83.2 cm³/mol. The Morgan fingerprint density at radius 2 is 1.90 bits per heavy atom. The summed E-state index contributed by atoms with van der Waals surface area (Å²) in [7, 11) is 0. The maximum atomic E-state index is 12.5. The molecule has 1 saturated carbocycles. The van der Waals surface area contributed by atoms with Gasteiger partial charge in [0.2, 0.25) is 0 Å². The molecule has 0 saturated heterocycles. The van der Waals surface area contributed by atoms with Crippen molar-refractivity contribution in [2.45, 2.75) is 71.9 Å². The van der Waals surface area contributed by atoms with Crippen molar-refractivity contribution in [2.75, 3.05) is 5.32 Å². The van der Waals surface area contributed by atoms with E-state index >= 15 is 0 Å². The van der Waals surface area contributed by atoms with Crippen LogP contribution in [-0.2, 0) is 5.54 Å². The number of anilines is 1. The molecule has 2 rings (SSSR count). The van der Waals surface area contributed by atoms with Gasteiger partial charge in [0, 0.05) is 24.0 Å². The summed E-state index contributed by atoms with van der Waals surface area (Å²) in [5.41, 5.74) is 0.198. The zero-order valence-corrected chi connectivity index (χ0v) is 13.4. The van der Waals surface area contributed by atoms with Crippen LogP contribution in [0.2, 0.25) is 0 Å². The van der Waals surface area contributed by atoms with Gasteiger partial charge in [0.25, 0.3) is 5.56 Å². The molecule has 0 spiro atoms. The first kappa shape index (κ1) is 15.1. The van der Waals surface area contributed by atoms with Gasteiger partial charge in [0.15, 0.2) is 5.82 Å². The normalized spacial score (nSPS) is 19.9. The number of hydrogen-bond acceptors (Lipinski definition) is 3. The molecule has 1 aliphatic rings. The van der Waals surface area contributed by atoms with Crippen LogP contribution in [0.3, 0.4) is 0 Å². The Morgan fingerprint density at radius 3 is 2.45 bits per heavy atom. The largest absolute Gasteiger partial charge is 0.363 e. The molecular weight excluding hydrogens is 250 g/mol. The van der Waals surface area contributed by atoms with E-state index in [1.54, 1.807) is 17.0 Å². The van der Waals surface area contributed by atoms with Crippen molar-refractivity contribution in [1.82, 2.24) is 9.55 Å². The molecule has 1 N–H and O–H groups in total. The fourth-order valence-corrected chi connectivity index (χ4v) is 2.78. The molecule has 0 aliphatic heterocycles. The van der Waals surface area contributed by atoms with Gasteiger partial charge in [-0.1, -0.05) is 13.8 Å². The van der Waals surface area contributed by atoms with Crippen molar-refractivity contribution in [3.63, 3.8) is 0 Å². The molecule has 1 fully saturated rings. The first-order chi connectivity index (χ1) is 9.19. The van der Waals surface area contributed by atoms with Gasteiger partial charge in [-0.25, -0.2) is 4.98 Å². The summed E-state index contributed by atoms with van der Waals surface area (Å²) < 4.78 is 1.75. The number of nitrogens with zero attached hydrogens (tertiary/aromatic N) is 2. The topological polar surface area (TPSA) is 46.9 Å². The smallest absolute Gasteiger partial charge is 0.293 e. The van der Waals surface area contributed by atoms with Crippen molar-refractivity contribution in [2.24, 2.45) is 5.41 Å². The standard InChI is InChI=1S/C16H27N3O/c1-15(2,3)19-11-10-17-13(14(19)20)18-12-6-8-16(4,5)9-7-12/h10-12H,6-9H2,1-5H3,(H,17,18). The maximum absolute atomic E-state index is 12.5. The van der Waals surface area contributed by atoms with E-state index in [1.807, 2.05) is 20.8 Å². The van der Waals surface area contributed by atoms with Crippen molar-refractivity contribution in [3.05, 3.63) is 22.7 Å². The molecule has 4 heteroatoms. The van der Waals surface area contributed by atoms with E-state index in [-0.39, 0.29) is 11.1 Å². The lowest BCUT2D eigenvalue weighted by Crippen LogP contribution is -2.38. The zero-order chi connectivity index (χ0) is 15.0. The molecule has 0 radical (unpaired) electrons. The van der Waals surface area contributed by atoms with E-state index in [4.69, 9.17) is 0 Å². The fraction of sp³-hybridized carbons (Fsp3) is 0.750. The molecule has 1 aliphatic carbocycles. The van der Waals surface area contributed by atoms with E-state index in [9.17, 15) is 4.79 Å². The SMILES string of the molecule is CC1(C)CCC(Nc2nccn(C(C)(C)C)c2=O)CC1. The summed E-state index contributed by atoms with van der Waals surface area (Å²) in [5.74, 6) is 0.493. The summed E-state index contributed by atoms with van der Waals surface area (Å²) in [6.45, 7) is 10.7. The van der Waals surface area contributed by atoms with Crippen LogP contribution in [0.4, 0.5) is 5.82 Å². The van der Waals surface area contributed by atoms with Gasteiger partial charge >= 0.3 is 0 Å². The molecule has 1 aromatic rings. The van der Waals surface area contributed by atoms with E-state index in [2.05, 4.69) is 24.1 Å². The maximum Gasteiger partial charge on any atom is 0.293 e. The molecule has 4 nitrogen and oxygen atoms in total. The fourth-order valence-electron chi connectivity index (χ4n) is 2.78. The molecule has 112 valence electrons. The lowest BCUT2D eigenvalue weighted by atomic mass is 9.75. The van der Waals surface area contributed by atoms with Crippen molar-refractivity contribution in [1.29, 1.82) is 0 Å². The Balaban J connectivity index is 2.14. The Bertz CT molecular complexity index is 515. The first-order valence-corrected chi connectivity index (χ1v) is 7.54. The lowest BCUT2D eigenvalue weighted by molar-refractivity contribution is 0.232. The molecule has 0 bridgehead atoms. The third-order valence-corrected chi connectivity index (χ3v) is 4.24. The second-order valence-corrected chi connectivity index (χ2v) is 7.70. The highest BCUT2D eigenvalue weighted by Crippen LogP contribution is 2.35. The Morgan fingerprint density at radius 1 is 1.30 bits per heavy atom. The van der Waals surface area contributed by atoms with Crippen LogP contribution < -0.4 is 10.9 Å². The first-order valence-electron chi connectivity index (χ1n) is 7.54. The highest BCUT2D eigenvalue weighted by atomic mass is 16.1. The van der Waals surface area contributed by atoms with E-state index < -0.39 is 0 Å². The van der Waals surface area contributed by atoms with Crippen LogP contribution >= 0.6 is 0 Å². The van der Waals surface area contributed by atoms with Gasteiger partial charge in [0.05, 0.1) is 0 Å². The summed E-state index contributed by atoms with van der Waals surface area (Å²) in [5, 5.41) is 3.35. The van der Waals surface area contributed by atoms with E-state index in [0.29, 0.717) is 17.3 Å². The van der Waals surface area contributed by atoms with Gasteiger partial charge in [-0.05, 0) is 51.9 Å². The van der Waals surface area contributed by atoms with Crippen molar-refractivity contribution < 1.29 is 0 Å². The minimum atomic E-state index is -0.217. The van der Waals surface area contributed by atoms with Crippen molar-refractivity contribution in [3.8, 4) is 0 Å². The molecular formula is C16H27N3O. The molecule has 20 heavy (non-hydrogen) atoms. The average molecular weight is 277 g/mol. The Kier molecular flexibility index (Phi) is 3.94. The van der Waals surface area contributed by atoms with Gasteiger partial charge in [0.1, 0.15) is 0 Å². The van der Waals surface area contributed by atoms with Gasteiger partial charge in [-0.3, -0.25) is 4.79 Å². The van der Waals surface area contributed by atoms with Crippen LogP contribution in [0.5, 0.6) is 0 Å². The van der Waals surface area contributed by atoms with Crippen molar-refractivity contribution >= 4 is 5.82 Å². The quantitative estimate of drug-likeness (QED) is 0.901. The van der Waals surface area contributed by atoms with E-state index in [1.165, 1.54) is 12.8 Å². The third-order valence-electron chi connectivity index (χ3n) is 4.24. The predicted octanol–water partition coefficient (Wildman–Crippen LogP) is 3.38. The number of rotatable bonds is 2. The Hall–Kier alpha value is -1.32. The highest BCUT2D eigenvalue weighted by molar-refractivity contribution is 5.32. The average Bonchev–Trinajstić information content (AvgIpc) is 2.33. The lowest BCUT2D eigenvalue weighted by Gasteiger charge is -2.34. The molecule has 0 unspecified atom stereocenters. The molecule has 1 heterocycles. The minimum absolute atomic E-state index is 0.0233. The highest BCUT2D eigenvalue weighted by Gasteiger charge is 2.27. The molecule has 0 aromatic carbocycles. The summed E-state index contributed by atoms with van der Waals surface area (Å²) >= 11 is 0. The molecule has 0 amide bonds. The second kappa shape index (κ2) is 5.23. The van der Waals surface area contributed by atoms with Crippen LogP contribution in [0.1, 0.15) is 60.3 Å². The van der Waals surface area contributed by atoms with Crippen LogP contribution in [-0.4, -0.2) is 15.6 Å². The van der Waals surface area contributed by atoms with Gasteiger partial charge in [-0.15, -0.1) is 0 Å². The van der Waals surface area contributed by atoms with Gasteiger partial charge < -0.3 is 9.88 Å². The van der Waals surface area contributed by atoms with Crippen LogP contribution in [0.25, 0.3) is 0 Å².